The number of carbonyl (C=O) groups excluding carboxylic acids is 1. The van der Waals surface area contributed by atoms with Crippen LogP contribution in [0.5, 0.6) is 0 Å². The van der Waals surface area contributed by atoms with Crippen LogP contribution in [0.15, 0.2) is 48.6 Å². The van der Waals surface area contributed by atoms with Crippen molar-refractivity contribution in [3.63, 3.8) is 0 Å². The molecular formula is C22H26N2O3. The Kier molecular flexibility index (Phi) is 5.12. The molecule has 2 aliphatic carbocycles. The molecule has 5 nitrogen and oxygen atoms in total. The number of aliphatic carboxylic acids is 1. The summed E-state index contributed by atoms with van der Waals surface area (Å²) in [6.45, 7) is 3.90. The van der Waals surface area contributed by atoms with Crippen molar-refractivity contribution in [2.75, 3.05) is 32.7 Å². The number of rotatable bonds is 5. The van der Waals surface area contributed by atoms with Gasteiger partial charge in [-0.05, 0) is 23.8 Å². The van der Waals surface area contributed by atoms with Gasteiger partial charge in [0.1, 0.15) is 0 Å². The molecule has 1 amide bonds. The quantitative estimate of drug-likeness (QED) is 0.813. The summed E-state index contributed by atoms with van der Waals surface area (Å²) in [5, 5.41) is 9.57. The summed E-state index contributed by atoms with van der Waals surface area (Å²) >= 11 is 0. The number of carboxylic acids is 1. The first-order valence-corrected chi connectivity index (χ1v) is 9.77. The third-order valence-electron chi connectivity index (χ3n) is 6.19. The van der Waals surface area contributed by atoms with Crippen LogP contribution in [0.2, 0.25) is 0 Å². The normalized spacial score (nSPS) is 30.3. The van der Waals surface area contributed by atoms with Gasteiger partial charge in [-0.25, -0.2) is 0 Å². The van der Waals surface area contributed by atoms with Crippen LogP contribution in [-0.4, -0.2) is 59.5 Å². The Morgan fingerprint density at radius 1 is 1.00 bits per heavy atom. The van der Waals surface area contributed by atoms with E-state index in [9.17, 15) is 14.7 Å². The summed E-state index contributed by atoms with van der Waals surface area (Å²) in [7, 11) is 0. The van der Waals surface area contributed by atoms with Crippen molar-refractivity contribution in [1.29, 1.82) is 0 Å². The van der Waals surface area contributed by atoms with Crippen LogP contribution in [0.25, 0.3) is 6.08 Å². The molecule has 1 heterocycles. The Labute approximate surface area is 160 Å². The SMILES string of the molecule is O=C(O)[C@H]1[C@@H](C(=O)N2CCN(C/C=C/c3ccccc3)CC2)[C@H]2C=C[C@@H]1C2. The lowest BCUT2D eigenvalue weighted by atomic mass is 9.82. The second-order valence-electron chi connectivity index (χ2n) is 7.78. The molecule has 1 aromatic rings. The lowest BCUT2D eigenvalue weighted by molar-refractivity contribution is -0.151. The average molecular weight is 366 g/mol. The zero-order chi connectivity index (χ0) is 18.8. The molecule has 0 unspecified atom stereocenters. The Bertz CT molecular complexity index is 750. The first kappa shape index (κ1) is 18.0. The second kappa shape index (κ2) is 7.69. The maximum absolute atomic E-state index is 13.0. The minimum atomic E-state index is -0.824. The molecule has 1 aliphatic heterocycles. The highest BCUT2D eigenvalue weighted by Crippen LogP contribution is 2.48. The molecule has 2 fully saturated rings. The molecule has 3 aliphatic rings. The molecule has 4 atom stereocenters. The largest absolute Gasteiger partial charge is 0.481 e. The summed E-state index contributed by atoms with van der Waals surface area (Å²) in [5.74, 6) is -1.56. The Morgan fingerprint density at radius 3 is 2.33 bits per heavy atom. The van der Waals surface area contributed by atoms with Gasteiger partial charge in [-0.3, -0.25) is 14.5 Å². The first-order chi connectivity index (χ1) is 13.1. The number of fused-ring (bicyclic) bond motifs is 2. The fourth-order valence-corrected chi connectivity index (χ4v) is 4.76. The van der Waals surface area contributed by atoms with Crippen LogP contribution in [0.1, 0.15) is 12.0 Å². The molecular weight excluding hydrogens is 340 g/mol. The monoisotopic (exact) mass is 366 g/mol. The van der Waals surface area contributed by atoms with E-state index in [2.05, 4.69) is 35.3 Å². The Balaban J connectivity index is 1.30. The van der Waals surface area contributed by atoms with E-state index in [1.54, 1.807) is 0 Å². The van der Waals surface area contributed by atoms with Crippen LogP contribution < -0.4 is 0 Å². The van der Waals surface area contributed by atoms with E-state index in [0.717, 1.165) is 26.1 Å². The minimum Gasteiger partial charge on any atom is -0.481 e. The van der Waals surface area contributed by atoms with Crippen LogP contribution >= 0.6 is 0 Å². The van der Waals surface area contributed by atoms with Gasteiger partial charge in [0.2, 0.25) is 5.91 Å². The topological polar surface area (TPSA) is 60.9 Å². The fourth-order valence-electron chi connectivity index (χ4n) is 4.76. The van der Waals surface area contributed by atoms with Crippen LogP contribution in [0.4, 0.5) is 0 Å². The molecule has 0 spiro atoms. The maximum Gasteiger partial charge on any atom is 0.307 e. The number of benzene rings is 1. The zero-order valence-electron chi connectivity index (χ0n) is 15.4. The van der Waals surface area contributed by atoms with Gasteiger partial charge in [0, 0.05) is 32.7 Å². The third kappa shape index (κ3) is 3.69. The third-order valence-corrected chi connectivity index (χ3v) is 6.19. The van der Waals surface area contributed by atoms with Crippen molar-refractivity contribution in [2.24, 2.45) is 23.7 Å². The molecule has 2 bridgehead atoms. The number of piperazine rings is 1. The van der Waals surface area contributed by atoms with Crippen molar-refractivity contribution in [1.82, 2.24) is 9.80 Å². The van der Waals surface area contributed by atoms with E-state index in [-0.39, 0.29) is 23.7 Å². The predicted molar refractivity (Wildman–Crippen MR) is 104 cm³/mol. The van der Waals surface area contributed by atoms with Crippen LogP contribution in [0, 0.1) is 23.7 Å². The van der Waals surface area contributed by atoms with Crippen molar-refractivity contribution >= 4 is 18.0 Å². The van der Waals surface area contributed by atoms with E-state index in [4.69, 9.17) is 0 Å². The smallest absolute Gasteiger partial charge is 0.307 e. The van der Waals surface area contributed by atoms with Crippen molar-refractivity contribution in [2.45, 2.75) is 6.42 Å². The number of amides is 1. The summed E-state index contributed by atoms with van der Waals surface area (Å²) in [6.07, 6.45) is 9.14. The summed E-state index contributed by atoms with van der Waals surface area (Å²) in [4.78, 5) is 28.9. The molecule has 142 valence electrons. The second-order valence-corrected chi connectivity index (χ2v) is 7.78. The number of carbonyl (C=O) groups is 2. The molecule has 1 aromatic carbocycles. The van der Waals surface area contributed by atoms with Gasteiger partial charge < -0.3 is 10.0 Å². The van der Waals surface area contributed by atoms with Gasteiger partial charge in [-0.2, -0.15) is 0 Å². The molecule has 5 heteroatoms. The van der Waals surface area contributed by atoms with Crippen LogP contribution in [-0.2, 0) is 9.59 Å². The molecule has 0 aromatic heterocycles. The lowest BCUT2D eigenvalue weighted by Crippen LogP contribution is -2.52. The van der Waals surface area contributed by atoms with E-state index in [1.165, 1.54) is 5.56 Å². The molecule has 0 radical (unpaired) electrons. The van der Waals surface area contributed by atoms with Crippen molar-refractivity contribution in [3.05, 3.63) is 54.1 Å². The molecule has 27 heavy (non-hydrogen) atoms. The van der Waals surface area contributed by atoms with Crippen molar-refractivity contribution in [3.8, 4) is 0 Å². The Hall–Kier alpha value is -2.40. The summed E-state index contributed by atoms with van der Waals surface area (Å²) < 4.78 is 0. The first-order valence-electron chi connectivity index (χ1n) is 9.77. The predicted octanol–water partition coefficient (Wildman–Crippen LogP) is 2.37. The summed E-state index contributed by atoms with van der Waals surface area (Å²) in [6, 6.07) is 10.2. The van der Waals surface area contributed by atoms with Crippen molar-refractivity contribution < 1.29 is 14.7 Å². The van der Waals surface area contributed by atoms with E-state index in [1.807, 2.05) is 29.2 Å². The van der Waals surface area contributed by atoms with Gasteiger partial charge in [0.05, 0.1) is 11.8 Å². The molecule has 1 N–H and O–H groups in total. The fraction of sp³-hybridized carbons (Fsp3) is 0.455. The number of allylic oxidation sites excluding steroid dienone is 2. The maximum atomic E-state index is 13.0. The minimum absolute atomic E-state index is 0.0332. The van der Waals surface area contributed by atoms with E-state index >= 15 is 0 Å². The zero-order valence-corrected chi connectivity index (χ0v) is 15.4. The number of hydrogen-bond acceptors (Lipinski definition) is 3. The molecule has 1 saturated heterocycles. The molecule has 1 saturated carbocycles. The van der Waals surface area contributed by atoms with E-state index in [0.29, 0.717) is 13.1 Å². The van der Waals surface area contributed by atoms with Crippen LogP contribution in [0.3, 0.4) is 0 Å². The standard InChI is InChI=1S/C22H26N2O3/c25-21(19-17-8-9-18(15-17)20(19)22(26)27)24-13-11-23(12-14-24)10-4-7-16-5-2-1-3-6-16/h1-9,17-20H,10-15H2,(H,26,27)/b7-4+/t17-,18+,19-,20+/m0/s1. The highest BCUT2D eigenvalue weighted by Gasteiger charge is 2.52. The molecule has 4 rings (SSSR count). The number of nitrogens with zero attached hydrogens (tertiary/aromatic N) is 2. The van der Waals surface area contributed by atoms with Gasteiger partial charge >= 0.3 is 5.97 Å². The van der Waals surface area contributed by atoms with Gasteiger partial charge in [0.15, 0.2) is 0 Å². The highest BCUT2D eigenvalue weighted by molar-refractivity contribution is 5.87. The summed E-state index contributed by atoms with van der Waals surface area (Å²) in [5.41, 5.74) is 1.19. The number of carboxylic acid groups (broad SMARTS) is 1. The van der Waals surface area contributed by atoms with Gasteiger partial charge in [-0.1, -0.05) is 54.6 Å². The van der Waals surface area contributed by atoms with Gasteiger partial charge in [-0.15, -0.1) is 0 Å². The van der Waals surface area contributed by atoms with Gasteiger partial charge in [0.25, 0.3) is 0 Å². The van der Waals surface area contributed by atoms with E-state index < -0.39 is 11.9 Å². The average Bonchev–Trinajstić information content (AvgIpc) is 3.30. The highest BCUT2D eigenvalue weighted by atomic mass is 16.4. The lowest BCUT2D eigenvalue weighted by Gasteiger charge is -2.37. The Morgan fingerprint density at radius 2 is 1.67 bits per heavy atom. The number of hydrogen-bond donors (Lipinski definition) is 1.